The van der Waals surface area contributed by atoms with Crippen LogP contribution in [0.25, 0.3) is 0 Å². The number of hydrogen-bond acceptors (Lipinski definition) is 3. The third-order valence-electron chi connectivity index (χ3n) is 4.47. The van der Waals surface area contributed by atoms with Crippen molar-refractivity contribution in [2.24, 2.45) is 5.73 Å². The van der Waals surface area contributed by atoms with Crippen LogP contribution in [0.15, 0.2) is 24.3 Å². The van der Waals surface area contributed by atoms with Gasteiger partial charge < -0.3 is 5.73 Å². The molecule has 6 heteroatoms. The molecule has 1 aromatic rings. The van der Waals surface area contributed by atoms with Crippen molar-refractivity contribution in [3.05, 3.63) is 35.4 Å². The van der Waals surface area contributed by atoms with Crippen LogP contribution in [0.4, 0.5) is 13.2 Å². The van der Waals surface area contributed by atoms with E-state index in [1.54, 1.807) is 6.07 Å². The Balaban J connectivity index is 2.19. The topological polar surface area (TPSA) is 32.5 Å². The van der Waals surface area contributed by atoms with E-state index in [4.69, 9.17) is 5.73 Å². The highest BCUT2D eigenvalue weighted by Gasteiger charge is 2.32. The van der Waals surface area contributed by atoms with Gasteiger partial charge in [0.15, 0.2) is 0 Å². The fourth-order valence-corrected chi connectivity index (χ4v) is 3.19. The van der Waals surface area contributed by atoms with Crippen LogP contribution < -0.4 is 5.73 Å². The van der Waals surface area contributed by atoms with Crippen LogP contribution in [0.3, 0.4) is 0 Å². The second-order valence-electron chi connectivity index (χ2n) is 5.85. The van der Waals surface area contributed by atoms with Gasteiger partial charge in [0, 0.05) is 38.3 Å². The van der Waals surface area contributed by atoms with Crippen LogP contribution in [0, 0.1) is 0 Å². The molecule has 2 rings (SSSR count). The van der Waals surface area contributed by atoms with Crippen LogP contribution in [0.2, 0.25) is 0 Å². The number of benzene rings is 1. The van der Waals surface area contributed by atoms with E-state index in [2.05, 4.69) is 23.6 Å². The number of hydrogen-bond donors (Lipinski definition) is 1. The molecule has 1 fully saturated rings. The van der Waals surface area contributed by atoms with E-state index in [0.29, 0.717) is 18.2 Å². The minimum atomic E-state index is -4.32. The predicted octanol–water partition coefficient (Wildman–Crippen LogP) is 2.73. The normalized spacial score (nSPS) is 22.7. The molecule has 0 saturated carbocycles. The molecule has 0 aliphatic carbocycles. The van der Waals surface area contributed by atoms with Gasteiger partial charge >= 0.3 is 6.18 Å². The Morgan fingerprint density at radius 2 is 2.05 bits per heavy atom. The minimum absolute atomic E-state index is 0.163. The molecule has 0 radical (unpaired) electrons. The summed E-state index contributed by atoms with van der Waals surface area (Å²) < 4.78 is 38.7. The first-order chi connectivity index (χ1) is 10.4. The quantitative estimate of drug-likeness (QED) is 0.927. The van der Waals surface area contributed by atoms with Gasteiger partial charge in [0.2, 0.25) is 0 Å². The zero-order valence-electron chi connectivity index (χ0n) is 13.1. The number of rotatable bonds is 4. The molecule has 1 saturated heterocycles. The number of nitrogens with two attached hydrogens (primary N) is 1. The zero-order chi connectivity index (χ0) is 16.3. The summed E-state index contributed by atoms with van der Waals surface area (Å²) in [6.07, 6.45) is -4.32. The lowest BCUT2D eigenvalue weighted by Crippen LogP contribution is -2.53. The molecule has 124 valence electrons. The van der Waals surface area contributed by atoms with Gasteiger partial charge in [-0.05, 0) is 31.2 Å². The summed E-state index contributed by atoms with van der Waals surface area (Å²) in [5, 5.41) is 0. The Morgan fingerprint density at radius 3 is 2.59 bits per heavy atom. The van der Waals surface area contributed by atoms with Crippen molar-refractivity contribution in [3.8, 4) is 0 Å². The van der Waals surface area contributed by atoms with E-state index in [1.807, 2.05) is 0 Å². The van der Waals surface area contributed by atoms with Gasteiger partial charge in [0.05, 0.1) is 5.56 Å². The van der Waals surface area contributed by atoms with Gasteiger partial charge in [0.1, 0.15) is 0 Å². The fraction of sp³-hybridized carbons (Fsp3) is 0.625. The average Bonchev–Trinajstić information content (AvgIpc) is 2.48. The fourth-order valence-electron chi connectivity index (χ4n) is 3.19. The van der Waals surface area contributed by atoms with Crippen LogP contribution in [0.1, 0.15) is 31.0 Å². The molecular weight excluding hydrogens is 291 g/mol. The smallest absolute Gasteiger partial charge is 0.329 e. The maximum absolute atomic E-state index is 12.9. The van der Waals surface area contributed by atoms with Gasteiger partial charge in [-0.3, -0.25) is 9.80 Å². The van der Waals surface area contributed by atoms with Gasteiger partial charge in [-0.15, -0.1) is 0 Å². The van der Waals surface area contributed by atoms with E-state index in [-0.39, 0.29) is 6.04 Å². The van der Waals surface area contributed by atoms with Crippen LogP contribution >= 0.6 is 0 Å². The number of likely N-dealkylation sites (N-methyl/N-ethyl adjacent to an activating group) is 1. The largest absolute Gasteiger partial charge is 0.416 e. The van der Waals surface area contributed by atoms with E-state index in [1.165, 1.54) is 12.1 Å². The van der Waals surface area contributed by atoms with E-state index in [9.17, 15) is 13.2 Å². The van der Waals surface area contributed by atoms with Crippen molar-refractivity contribution in [2.75, 3.05) is 32.7 Å². The van der Waals surface area contributed by atoms with Crippen molar-refractivity contribution < 1.29 is 13.2 Å². The summed E-state index contributed by atoms with van der Waals surface area (Å²) in [5.41, 5.74) is 5.91. The van der Waals surface area contributed by atoms with Gasteiger partial charge in [-0.2, -0.15) is 13.2 Å². The average molecular weight is 315 g/mol. The lowest BCUT2D eigenvalue weighted by molar-refractivity contribution is -0.137. The summed E-state index contributed by atoms with van der Waals surface area (Å²) in [4.78, 5) is 4.57. The van der Waals surface area contributed by atoms with Gasteiger partial charge in [-0.25, -0.2) is 0 Å². The third kappa shape index (κ3) is 3.80. The predicted molar refractivity (Wildman–Crippen MR) is 81.5 cm³/mol. The number of alkyl halides is 3. The van der Waals surface area contributed by atoms with E-state index < -0.39 is 11.7 Å². The van der Waals surface area contributed by atoms with Crippen molar-refractivity contribution in [1.29, 1.82) is 0 Å². The van der Waals surface area contributed by atoms with Crippen LogP contribution in [0.5, 0.6) is 0 Å². The van der Waals surface area contributed by atoms with Crippen molar-refractivity contribution in [1.82, 2.24) is 9.80 Å². The van der Waals surface area contributed by atoms with Gasteiger partial charge in [0.25, 0.3) is 0 Å². The standard InChI is InChI=1S/C16H24F3N3/c1-3-21-7-8-22(11-12(21)2)15(10-20)13-5-4-6-14(9-13)16(17,18)19/h4-6,9,12,15H,3,7-8,10-11,20H2,1-2H3. The Hall–Kier alpha value is -1.11. The summed E-state index contributed by atoms with van der Waals surface area (Å²) in [7, 11) is 0. The number of halogens is 3. The highest BCUT2D eigenvalue weighted by atomic mass is 19.4. The molecule has 1 aliphatic heterocycles. The lowest BCUT2D eigenvalue weighted by Gasteiger charge is -2.43. The summed E-state index contributed by atoms with van der Waals surface area (Å²) in [6.45, 7) is 8.16. The minimum Gasteiger partial charge on any atom is -0.329 e. The van der Waals surface area contributed by atoms with Crippen molar-refractivity contribution in [3.63, 3.8) is 0 Å². The Labute approximate surface area is 129 Å². The second-order valence-corrected chi connectivity index (χ2v) is 5.85. The van der Waals surface area contributed by atoms with Crippen LogP contribution in [-0.4, -0.2) is 48.6 Å². The first-order valence-electron chi connectivity index (χ1n) is 7.72. The molecule has 2 N–H and O–H groups in total. The summed E-state index contributed by atoms with van der Waals surface area (Å²) in [6, 6.07) is 5.77. The molecule has 0 amide bonds. The monoisotopic (exact) mass is 315 g/mol. The highest BCUT2D eigenvalue weighted by Crippen LogP contribution is 2.32. The molecule has 0 bridgehead atoms. The molecule has 1 aromatic carbocycles. The third-order valence-corrected chi connectivity index (χ3v) is 4.47. The van der Waals surface area contributed by atoms with Crippen LogP contribution in [-0.2, 0) is 6.18 Å². The first-order valence-corrected chi connectivity index (χ1v) is 7.72. The molecule has 1 aliphatic rings. The van der Waals surface area contributed by atoms with Crippen molar-refractivity contribution in [2.45, 2.75) is 32.1 Å². The van der Waals surface area contributed by atoms with Crippen molar-refractivity contribution >= 4 is 0 Å². The number of piperazine rings is 1. The second kappa shape index (κ2) is 6.98. The van der Waals surface area contributed by atoms with E-state index in [0.717, 1.165) is 32.2 Å². The maximum atomic E-state index is 12.9. The molecule has 0 spiro atoms. The molecule has 3 nitrogen and oxygen atoms in total. The Morgan fingerprint density at radius 1 is 1.32 bits per heavy atom. The maximum Gasteiger partial charge on any atom is 0.416 e. The Kier molecular flexibility index (Phi) is 5.47. The highest BCUT2D eigenvalue weighted by molar-refractivity contribution is 5.28. The Bertz CT molecular complexity index is 490. The molecule has 2 atom stereocenters. The zero-order valence-corrected chi connectivity index (χ0v) is 13.1. The molecule has 2 unspecified atom stereocenters. The molecular formula is C16H24F3N3. The molecule has 0 aromatic heterocycles. The summed E-state index contributed by atoms with van der Waals surface area (Å²) in [5.74, 6) is 0. The van der Waals surface area contributed by atoms with Gasteiger partial charge in [-0.1, -0.05) is 19.1 Å². The summed E-state index contributed by atoms with van der Waals surface area (Å²) >= 11 is 0. The van der Waals surface area contributed by atoms with E-state index >= 15 is 0 Å². The molecule has 22 heavy (non-hydrogen) atoms. The first kappa shape index (κ1) is 17.2. The lowest BCUT2D eigenvalue weighted by atomic mass is 10.0. The molecule has 1 heterocycles. The number of nitrogens with zero attached hydrogens (tertiary/aromatic N) is 2. The SMILES string of the molecule is CCN1CCN(C(CN)c2cccc(C(F)(F)F)c2)CC1C.